The molecule has 20 heavy (non-hydrogen) atoms. The van der Waals surface area contributed by atoms with Crippen LogP contribution in [0.4, 0.5) is 17.1 Å². The Morgan fingerprint density at radius 3 is 2.40 bits per heavy atom. The van der Waals surface area contributed by atoms with Gasteiger partial charge in [0.2, 0.25) is 0 Å². The van der Waals surface area contributed by atoms with Crippen LogP contribution < -0.4 is 5.56 Å². The Morgan fingerprint density at radius 1 is 1.20 bits per heavy atom. The van der Waals surface area contributed by atoms with E-state index in [1.807, 2.05) is 0 Å². The van der Waals surface area contributed by atoms with Crippen molar-refractivity contribution in [3.8, 4) is 0 Å². The first-order chi connectivity index (χ1) is 9.47. The van der Waals surface area contributed by atoms with Gasteiger partial charge in [0.1, 0.15) is 0 Å². The maximum atomic E-state index is 11.6. The molecular weight excluding hydrogens is 282 g/mol. The molecule has 9 heteroatoms. The van der Waals surface area contributed by atoms with E-state index in [4.69, 9.17) is 12.2 Å². The van der Waals surface area contributed by atoms with Gasteiger partial charge in [0, 0.05) is 17.8 Å². The first kappa shape index (κ1) is 13.7. The van der Waals surface area contributed by atoms with E-state index >= 15 is 0 Å². The lowest BCUT2D eigenvalue weighted by molar-refractivity contribution is -0.384. The predicted octanol–water partition coefficient (Wildman–Crippen LogP) is 3.06. The number of non-ortho nitro benzene ring substituents is 1. The van der Waals surface area contributed by atoms with Gasteiger partial charge in [0.15, 0.2) is 10.5 Å². The van der Waals surface area contributed by atoms with Gasteiger partial charge >= 0.3 is 0 Å². The number of nitrogens with one attached hydrogen (secondary N) is 2. The molecule has 2 N–H and O–H groups in total. The summed E-state index contributed by atoms with van der Waals surface area (Å²) in [5.74, 6) is 0. The van der Waals surface area contributed by atoms with Gasteiger partial charge in [0.25, 0.3) is 11.2 Å². The van der Waals surface area contributed by atoms with Gasteiger partial charge < -0.3 is 4.98 Å². The van der Waals surface area contributed by atoms with E-state index in [1.165, 1.54) is 24.3 Å². The van der Waals surface area contributed by atoms with Gasteiger partial charge in [-0.1, -0.05) is 0 Å². The van der Waals surface area contributed by atoms with Crippen LogP contribution in [-0.2, 0) is 0 Å². The minimum absolute atomic E-state index is 0.0400. The summed E-state index contributed by atoms with van der Waals surface area (Å²) in [7, 11) is 0. The molecule has 0 saturated carbocycles. The number of nitro groups is 1. The van der Waals surface area contributed by atoms with E-state index in [0.29, 0.717) is 11.4 Å². The van der Waals surface area contributed by atoms with E-state index in [2.05, 4.69) is 20.2 Å². The van der Waals surface area contributed by atoms with Crippen molar-refractivity contribution in [2.24, 2.45) is 10.2 Å². The molecule has 0 amide bonds. The number of hydrogen-bond donors (Lipinski definition) is 2. The average molecular weight is 291 g/mol. The fraction of sp³-hybridized carbons (Fsp3) is 0.0909. The highest BCUT2D eigenvalue weighted by molar-refractivity contribution is 7.71. The van der Waals surface area contributed by atoms with Crippen molar-refractivity contribution in [1.82, 2.24) is 9.97 Å². The van der Waals surface area contributed by atoms with Gasteiger partial charge in [-0.2, -0.15) is 5.11 Å². The first-order valence-corrected chi connectivity index (χ1v) is 5.87. The maximum Gasteiger partial charge on any atom is 0.279 e. The average Bonchev–Trinajstić information content (AvgIpc) is 2.38. The number of aromatic amines is 2. The second kappa shape index (κ2) is 5.53. The molecule has 0 aliphatic rings. The van der Waals surface area contributed by atoms with Crippen molar-refractivity contribution < 1.29 is 4.92 Å². The molecule has 0 radical (unpaired) electrons. The van der Waals surface area contributed by atoms with Crippen LogP contribution in [-0.4, -0.2) is 14.9 Å². The number of nitrogens with zero attached hydrogens (tertiary/aromatic N) is 3. The largest absolute Gasteiger partial charge is 0.334 e. The minimum atomic E-state index is -0.507. The summed E-state index contributed by atoms with van der Waals surface area (Å²) in [4.78, 5) is 26.8. The molecule has 0 spiro atoms. The van der Waals surface area contributed by atoms with Crippen LogP contribution in [0.15, 0.2) is 39.3 Å². The minimum Gasteiger partial charge on any atom is -0.334 e. The topological polar surface area (TPSA) is 117 Å². The highest BCUT2D eigenvalue weighted by Crippen LogP contribution is 2.20. The zero-order valence-electron chi connectivity index (χ0n) is 10.3. The third kappa shape index (κ3) is 3.01. The predicted molar refractivity (Wildman–Crippen MR) is 74.3 cm³/mol. The lowest BCUT2D eigenvalue weighted by Crippen LogP contribution is -2.08. The zero-order chi connectivity index (χ0) is 14.7. The SMILES string of the molecule is Cc1[nH]c(=S)[nH]c(=O)c1N=Nc1ccc([N+](=O)[O-])cc1. The molecule has 0 bridgehead atoms. The number of H-pyrrole nitrogens is 2. The van der Waals surface area contributed by atoms with Crippen molar-refractivity contribution in [2.45, 2.75) is 6.92 Å². The highest BCUT2D eigenvalue weighted by atomic mass is 32.1. The quantitative estimate of drug-likeness (QED) is 0.391. The van der Waals surface area contributed by atoms with E-state index in [0.717, 1.165) is 0 Å². The summed E-state index contributed by atoms with van der Waals surface area (Å²) in [6.07, 6.45) is 0. The number of azo groups is 1. The number of nitro benzene ring substituents is 1. The summed E-state index contributed by atoms with van der Waals surface area (Å²) in [6, 6.07) is 5.50. The van der Waals surface area contributed by atoms with Crippen LogP contribution in [0, 0.1) is 21.8 Å². The second-order valence-corrected chi connectivity index (χ2v) is 4.26. The normalized spacial score (nSPS) is 10.8. The molecule has 8 nitrogen and oxygen atoms in total. The molecule has 1 aromatic carbocycles. The summed E-state index contributed by atoms with van der Waals surface area (Å²) < 4.78 is 0.210. The van der Waals surface area contributed by atoms with Crippen molar-refractivity contribution in [3.05, 3.63) is 55.2 Å². The number of benzene rings is 1. The highest BCUT2D eigenvalue weighted by Gasteiger charge is 2.05. The van der Waals surface area contributed by atoms with Gasteiger partial charge in [-0.25, -0.2) is 0 Å². The molecule has 0 saturated heterocycles. The first-order valence-electron chi connectivity index (χ1n) is 5.47. The van der Waals surface area contributed by atoms with Gasteiger partial charge in [-0.3, -0.25) is 19.9 Å². The molecule has 0 fully saturated rings. The Balaban J connectivity index is 2.32. The van der Waals surface area contributed by atoms with Crippen molar-refractivity contribution in [1.29, 1.82) is 0 Å². The number of rotatable bonds is 3. The van der Waals surface area contributed by atoms with Crippen LogP contribution in [0.3, 0.4) is 0 Å². The monoisotopic (exact) mass is 291 g/mol. The summed E-state index contributed by atoms with van der Waals surface area (Å²) >= 11 is 4.82. The Kier molecular flexibility index (Phi) is 3.80. The molecule has 1 aromatic heterocycles. The zero-order valence-corrected chi connectivity index (χ0v) is 11.1. The number of hydrogen-bond acceptors (Lipinski definition) is 6. The van der Waals surface area contributed by atoms with Crippen LogP contribution in [0.5, 0.6) is 0 Å². The fourth-order valence-electron chi connectivity index (χ4n) is 1.46. The fourth-order valence-corrected chi connectivity index (χ4v) is 1.71. The van der Waals surface area contributed by atoms with E-state index in [1.54, 1.807) is 6.92 Å². The molecule has 1 heterocycles. The lowest BCUT2D eigenvalue weighted by Gasteiger charge is -1.97. The van der Waals surface area contributed by atoms with Crippen LogP contribution in [0.1, 0.15) is 5.69 Å². The van der Waals surface area contributed by atoms with Crippen LogP contribution >= 0.6 is 12.2 Å². The molecule has 2 aromatic rings. The molecule has 2 rings (SSSR count). The Hall–Kier alpha value is -2.68. The third-order valence-electron chi connectivity index (χ3n) is 2.42. The molecule has 0 unspecified atom stereocenters. The summed E-state index contributed by atoms with van der Waals surface area (Å²) in [5, 5.41) is 18.2. The Bertz CT molecular complexity index is 791. The Morgan fingerprint density at radius 2 is 1.85 bits per heavy atom. The van der Waals surface area contributed by atoms with Gasteiger partial charge in [-0.15, -0.1) is 5.11 Å². The smallest absolute Gasteiger partial charge is 0.279 e. The van der Waals surface area contributed by atoms with E-state index in [9.17, 15) is 14.9 Å². The van der Waals surface area contributed by atoms with Crippen molar-refractivity contribution >= 4 is 29.3 Å². The molecule has 0 atom stereocenters. The number of aromatic nitrogens is 2. The lowest BCUT2D eigenvalue weighted by atomic mass is 10.3. The second-order valence-electron chi connectivity index (χ2n) is 3.86. The van der Waals surface area contributed by atoms with E-state index in [-0.39, 0.29) is 16.1 Å². The van der Waals surface area contributed by atoms with E-state index < -0.39 is 10.5 Å². The summed E-state index contributed by atoms with van der Waals surface area (Å²) in [6.45, 7) is 1.65. The van der Waals surface area contributed by atoms with Gasteiger partial charge in [-0.05, 0) is 31.3 Å². The van der Waals surface area contributed by atoms with Crippen molar-refractivity contribution in [3.63, 3.8) is 0 Å². The number of aryl methyl sites for hydroxylation is 1. The van der Waals surface area contributed by atoms with Gasteiger partial charge in [0.05, 0.1) is 10.6 Å². The standard InChI is InChI=1S/C11H9N5O3S/c1-6-9(10(17)13-11(20)12-6)15-14-7-2-4-8(5-3-7)16(18)19/h2-5H,1H3,(H2,12,13,17,20). The third-order valence-corrected chi connectivity index (χ3v) is 2.63. The Labute approximate surface area is 117 Å². The maximum absolute atomic E-state index is 11.6. The van der Waals surface area contributed by atoms with Crippen molar-refractivity contribution in [2.75, 3.05) is 0 Å². The van der Waals surface area contributed by atoms with Crippen LogP contribution in [0.2, 0.25) is 0 Å². The van der Waals surface area contributed by atoms with Crippen LogP contribution in [0.25, 0.3) is 0 Å². The molecule has 102 valence electrons. The molecule has 0 aliphatic heterocycles. The molecule has 0 aliphatic carbocycles. The molecular formula is C11H9N5O3S. The summed E-state index contributed by atoms with van der Waals surface area (Å²) in [5.41, 5.74) is 0.511.